The molecule has 10 atom stereocenters. The number of likely N-dealkylation sites (N-methyl/N-ethyl adjacent to an activating group) is 1. The molecular weight excluding hydrogens is 949 g/mol. The molecule has 2 aromatic carbocycles. The molecular formula is C51H66N8O14. The molecule has 3 rings (SSSR count). The zero-order valence-corrected chi connectivity index (χ0v) is 42.1. The van der Waals surface area contributed by atoms with E-state index in [-0.39, 0.29) is 23.3 Å². The number of rotatable bonds is 14. The minimum absolute atomic E-state index is 0.0461. The van der Waals surface area contributed by atoms with Crippen molar-refractivity contribution in [1.82, 2.24) is 36.8 Å². The van der Waals surface area contributed by atoms with E-state index in [0.29, 0.717) is 18.4 Å². The highest BCUT2D eigenvalue weighted by Gasteiger charge is 2.37. The highest BCUT2D eigenvalue weighted by Crippen LogP contribution is 2.20. The van der Waals surface area contributed by atoms with Crippen LogP contribution in [-0.2, 0) is 59.1 Å². The van der Waals surface area contributed by atoms with Crippen molar-refractivity contribution in [2.45, 2.75) is 110 Å². The number of nitrogens with one attached hydrogen (secondary N) is 7. The number of carbonyl (C=O) groups is 11. The Bertz CT molecular complexity index is 2460. The third kappa shape index (κ3) is 17.7. The van der Waals surface area contributed by atoms with Crippen molar-refractivity contribution in [2.75, 3.05) is 19.5 Å². The summed E-state index contributed by atoms with van der Waals surface area (Å²) in [5.41, 5.74) is 1.22. The van der Waals surface area contributed by atoms with Crippen LogP contribution >= 0.6 is 0 Å². The van der Waals surface area contributed by atoms with Crippen LogP contribution in [0.25, 0.3) is 0 Å². The maximum absolute atomic E-state index is 14.0. The topological polar surface area (TPSA) is 325 Å². The molecule has 8 amide bonds. The van der Waals surface area contributed by atoms with Gasteiger partial charge < -0.3 is 57.1 Å². The fourth-order valence-electron chi connectivity index (χ4n) is 7.53. The zero-order chi connectivity index (χ0) is 54.7. The molecule has 1 heterocycles. The second kappa shape index (κ2) is 28.1. The van der Waals surface area contributed by atoms with Gasteiger partial charge in [0.1, 0.15) is 35.9 Å². The lowest BCUT2D eigenvalue weighted by atomic mass is 9.94. The first-order valence-corrected chi connectivity index (χ1v) is 23.4. The van der Waals surface area contributed by atoms with Crippen LogP contribution in [-0.4, -0.2) is 137 Å². The number of carbonyl (C=O) groups excluding carboxylic acids is 9. The highest BCUT2D eigenvalue weighted by molar-refractivity contribution is 6.06. The molecule has 0 radical (unpaired) electrons. The number of hydrogen-bond donors (Lipinski definition) is 9. The largest absolute Gasteiger partial charge is 0.480 e. The van der Waals surface area contributed by atoms with E-state index in [2.05, 4.69) is 43.8 Å². The van der Waals surface area contributed by atoms with Gasteiger partial charge in [0, 0.05) is 38.5 Å². The van der Waals surface area contributed by atoms with E-state index < -0.39 is 132 Å². The van der Waals surface area contributed by atoms with Crippen LogP contribution in [0.4, 0.5) is 5.69 Å². The summed E-state index contributed by atoms with van der Waals surface area (Å²) in [6.45, 7) is 12.4. The molecule has 2 aromatic rings. The van der Waals surface area contributed by atoms with Crippen LogP contribution in [0.2, 0.25) is 0 Å². The normalized spacial score (nSPS) is 24.8. The Hall–Kier alpha value is -8.01. The molecule has 1 saturated heterocycles. The smallest absolute Gasteiger partial charge is 0.327 e. The van der Waals surface area contributed by atoms with Gasteiger partial charge >= 0.3 is 11.9 Å². The summed E-state index contributed by atoms with van der Waals surface area (Å²) in [7, 11) is 2.76. The minimum Gasteiger partial charge on any atom is -0.480 e. The van der Waals surface area contributed by atoms with Crippen molar-refractivity contribution in [3.63, 3.8) is 0 Å². The SMILES string of the molecule is C=C1C(=O)N[C@H](C)C(=O)N[C@@H](CC(=O)c2ccccc2NC=O)C(=O)N[C@@H](C(=O)O)[C@H](C)C(=O)N[C@@H](C)C(=O)N[C@@H](/C=C/C(C)=C/[C@H](C)[C@H](Cc2ccccc2)OC)[C@H](C)C(=O)N[C@@H](C(=O)O)CCC(=O)N1C. The molecule has 0 saturated carbocycles. The van der Waals surface area contributed by atoms with Gasteiger partial charge in [-0.15, -0.1) is 0 Å². The van der Waals surface area contributed by atoms with Gasteiger partial charge in [-0.3, -0.25) is 43.2 Å². The van der Waals surface area contributed by atoms with Crippen molar-refractivity contribution in [1.29, 1.82) is 0 Å². The summed E-state index contributed by atoms with van der Waals surface area (Å²) in [6, 6.07) is 5.77. The number of methoxy groups -OCH3 is 1. The molecule has 9 N–H and O–H groups in total. The quantitative estimate of drug-likeness (QED) is 0.0559. The number of allylic oxidation sites excluding steroid dienone is 2. The number of ketones is 1. The lowest BCUT2D eigenvalue weighted by Crippen LogP contribution is -2.59. The number of hydrogen-bond acceptors (Lipinski definition) is 12. The van der Waals surface area contributed by atoms with E-state index >= 15 is 0 Å². The fraction of sp³-hybridized carbons (Fsp3) is 0.431. The second-order valence-electron chi connectivity index (χ2n) is 17.8. The zero-order valence-electron chi connectivity index (χ0n) is 42.1. The summed E-state index contributed by atoms with van der Waals surface area (Å²) >= 11 is 0. The summed E-state index contributed by atoms with van der Waals surface area (Å²) in [5.74, 6) is -13.9. The first-order chi connectivity index (χ1) is 34.4. The number of amides is 8. The average molecular weight is 1020 g/mol. The second-order valence-corrected chi connectivity index (χ2v) is 17.8. The number of anilines is 1. The Balaban J connectivity index is 2.06. The van der Waals surface area contributed by atoms with Crippen molar-refractivity contribution < 1.29 is 67.7 Å². The predicted octanol–water partition coefficient (Wildman–Crippen LogP) is 1.38. The molecule has 1 fully saturated rings. The third-order valence-corrected chi connectivity index (χ3v) is 12.3. The number of nitrogens with zero attached hydrogens (tertiary/aromatic N) is 1. The van der Waals surface area contributed by atoms with Gasteiger partial charge in [0.25, 0.3) is 5.91 Å². The molecule has 73 heavy (non-hydrogen) atoms. The molecule has 394 valence electrons. The molecule has 0 bridgehead atoms. The lowest BCUT2D eigenvalue weighted by molar-refractivity contribution is -0.146. The summed E-state index contributed by atoms with van der Waals surface area (Å²) in [5, 5.41) is 37.1. The Morgan fingerprint density at radius 1 is 0.795 bits per heavy atom. The Morgan fingerprint density at radius 2 is 1.40 bits per heavy atom. The van der Waals surface area contributed by atoms with Crippen LogP contribution in [0, 0.1) is 17.8 Å². The molecule has 22 heteroatoms. The van der Waals surface area contributed by atoms with Crippen LogP contribution in [0.3, 0.4) is 0 Å². The molecule has 0 unspecified atom stereocenters. The number of benzene rings is 2. The third-order valence-electron chi connectivity index (χ3n) is 12.3. The van der Waals surface area contributed by atoms with E-state index in [1.54, 1.807) is 20.1 Å². The van der Waals surface area contributed by atoms with Gasteiger partial charge in [0.15, 0.2) is 5.78 Å². The van der Waals surface area contributed by atoms with Crippen LogP contribution in [0.1, 0.15) is 76.7 Å². The molecule has 22 nitrogen and oxygen atoms in total. The summed E-state index contributed by atoms with van der Waals surface area (Å²) in [6.07, 6.45) is 3.94. The number of aliphatic carboxylic acids is 2. The number of para-hydroxylation sites is 1. The van der Waals surface area contributed by atoms with Gasteiger partial charge in [-0.1, -0.05) is 93.6 Å². The molecule has 0 aromatic heterocycles. The highest BCUT2D eigenvalue weighted by atomic mass is 16.5. The minimum atomic E-state index is -2.03. The molecule has 0 spiro atoms. The van der Waals surface area contributed by atoms with E-state index in [0.717, 1.165) is 24.4 Å². The summed E-state index contributed by atoms with van der Waals surface area (Å²) in [4.78, 5) is 146. The van der Waals surface area contributed by atoms with Crippen LogP contribution in [0.5, 0.6) is 0 Å². The Kier molecular flexibility index (Phi) is 22.9. The van der Waals surface area contributed by atoms with Crippen molar-refractivity contribution in [3.05, 3.63) is 102 Å². The number of carboxylic acids is 2. The number of carboxylic acid groups (broad SMARTS) is 2. The van der Waals surface area contributed by atoms with E-state index in [1.165, 1.54) is 51.1 Å². The summed E-state index contributed by atoms with van der Waals surface area (Å²) < 4.78 is 5.78. The van der Waals surface area contributed by atoms with Crippen LogP contribution < -0.4 is 37.2 Å². The first kappa shape index (κ1) is 59.3. The molecule has 0 aliphatic carbocycles. The van der Waals surface area contributed by atoms with E-state index in [1.807, 2.05) is 43.3 Å². The van der Waals surface area contributed by atoms with Gasteiger partial charge in [-0.05, 0) is 51.3 Å². The van der Waals surface area contributed by atoms with Gasteiger partial charge in [-0.25, -0.2) is 9.59 Å². The Labute approximate surface area is 423 Å². The molecule has 1 aliphatic heterocycles. The Morgan fingerprint density at radius 3 is 2.01 bits per heavy atom. The standard InChI is InChI=1S/C51H66N8O14/c1-27(23-28(2)41(73-9)24-34-15-11-10-12-16-34)19-20-36-29(3)44(63)56-38(50(69)70)21-22-42(62)59(8)33(7)48(67)54-32(6)47(66)57-39(25-40(61)35-17-13-14-18-37(35)52-26-60)49(68)58-43(51(71)72)30(4)45(64)53-31(5)46(65)55-36/h10-20,23,26,28-32,36,38-39,41,43H,7,21-22,24-25H2,1-6,8-9H3,(H,52,60)(H,53,64)(H,54,67)(H,55,65)(H,56,63)(H,57,66)(H,58,68)(H,69,70)(H,71,72)/b20-19+,27-23+/t28-,29-,30-,31-,32+,36-,38+,39-,41-,43+/m0/s1. The van der Waals surface area contributed by atoms with E-state index in [4.69, 9.17) is 4.74 Å². The van der Waals surface area contributed by atoms with Crippen LogP contribution in [0.15, 0.2) is 90.7 Å². The van der Waals surface area contributed by atoms with Crippen molar-refractivity contribution in [2.24, 2.45) is 17.8 Å². The molecule has 1 aliphatic rings. The maximum atomic E-state index is 14.0. The number of Topliss-reactive ketones (excluding diaryl/α,β-unsaturated/α-hetero) is 1. The van der Waals surface area contributed by atoms with Gasteiger partial charge in [0.2, 0.25) is 41.9 Å². The van der Waals surface area contributed by atoms with Gasteiger partial charge in [0.05, 0.1) is 29.7 Å². The van der Waals surface area contributed by atoms with Gasteiger partial charge in [-0.2, -0.15) is 0 Å². The van der Waals surface area contributed by atoms with E-state index in [9.17, 15) is 63.0 Å². The fourth-order valence-corrected chi connectivity index (χ4v) is 7.53. The first-order valence-electron chi connectivity index (χ1n) is 23.4. The van der Waals surface area contributed by atoms with Crippen molar-refractivity contribution in [3.8, 4) is 0 Å². The monoisotopic (exact) mass is 1010 g/mol. The predicted molar refractivity (Wildman–Crippen MR) is 266 cm³/mol. The lowest BCUT2D eigenvalue weighted by Gasteiger charge is -2.27. The maximum Gasteiger partial charge on any atom is 0.327 e. The number of ether oxygens (including phenoxy) is 1. The van der Waals surface area contributed by atoms with Crippen molar-refractivity contribution >= 4 is 71.2 Å². The average Bonchev–Trinajstić information content (AvgIpc) is 3.35.